The molecule has 2 saturated heterocycles. The highest BCUT2D eigenvalue weighted by molar-refractivity contribution is 6.00. The van der Waals surface area contributed by atoms with Crippen molar-refractivity contribution in [3.63, 3.8) is 0 Å². The molecule has 0 bridgehead atoms. The molecule has 6 N–H and O–H groups in total. The molecule has 2 atom stereocenters. The number of nitrogens with one attached hydrogen (secondary N) is 2. The van der Waals surface area contributed by atoms with E-state index >= 15 is 0 Å². The van der Waals surface area contributed by atoms with Crippen molar-refractivity contribution in [3.8, 4) is 0 Å². The molecule has 4 amide bonds. The van der Waals surface area contributed by atoms with Crippen LogP contribution in [0.2, 0.25) is 0 Å². The van der Waals surface area contributed by atoms with E-state index in [0.717, 1.165) is 32.1 Å². The zero-order chi connectivity index (χ0) is 25.5. The van der Waals surface area contributed by atoms with E-state index in [0.29, 0.717) is 25.9 Å². The van der Waals surface area contributed by atoms with Crippen LogP contribution in [0.25, 0.3) is 0 Å². The molecule has 8 nitrogen and oxygen atoms in total. The van der Waals surface area contributed by atoms with Crippen LogP contribution in [0.4, 0.5) is 0 Å². The lowest BCUT2D eigenvalue weighted by Crippen LogP contribution is -2.37. The summed E-state index contributed by atoms with van der Waals surface area (Å²) in [6.45, 7) is 1.34. The minimum atomic E-state index is -0.600. The molecule has 0 aliphatic carbocycles. The van der Waals surface area contributed by atoms with Crippen molar-refractivity contribution in [2.75, 3.05) is 13.1 Å². The second kappa shape index (κ2) is 15.3. The van der Waals surface area contributed by atoms with Gasteiger partial charge in [-0.25, -0.2) is 0 Å². The molecule has 2 unspecified atom stereocenters. The highest BCUT2D eigenvalue weighted by Crippen LogP contribution is 2.12. The first-order valence-corrected chi connectivity index (χ1v) is 12.1. The Hall–Kier alpha value is -3.68. The second-order valence-electron chi connectivity index (χ2n) is 8.63. The molecule has 2 fully saturated rings. The van der Waals surface area contributed by atoms with Crippen LogP contribution in [0.3, 0.4) is 0 Å². The molecular weight excluding hydrogens is 444 g/mol. The van der Waals surface area contributed by atoms with Gasteiger partial charge in [0.25, 0.3) is 0 Å². The monoisotopic (exact) mass is 480 g/mol. The van der Waals surface area contributed by atoms with Crippen LogP contribution >= 0.6 is 0 Å². The third-order valence-electron chi connectivity index (χ3n) is 5.85. The third-order valence-corrected chi connectivity index (χ3v) is 5.85. The summed E-state index contributed by atoms with van der Waals surface area (Å²) in [7, 11) is 0. The highest BCUT2D eigenvalue weighted by atomic mass is 16.2. The standard InChI is InChI=1S/C13H12.2C7H12N2O2/c1-3-7-12(8-4-1)11-13-9-5-2-6-10-13;2*8-6(10)5-3-1-2-4-9-7(5)11/h1-10H,11H2;2*5H,1-4H2,(H2,8,10)(H,9,11). The van der Waals surface area contributed by atoms with Crippen molar-refractivity contribution in [1.29, 1.82) is 0 Å². The molecule has 0 spiro atoms. The van der Waals surface area contributed by atoms with E-state index in [9.17, 15) is 19.2 Å². The van der Waals surface area contributed by atoms with Gasteiger partial charge in [-0.1, -0.05) is 73.5 Å². The Morgan fingerprint density at radius 1 is 0.657 bits per heavy atom. The van der Waals surface area contributed by atoms with Gasteiger partial charge in [0, 0.05) is 13.1 Å². The average Bonchev–Trinajstić information content (AvgIpc) is 3.21. The molecule has 2 aliphatic heterocycles. The lowest BCUT2D eigenvalue weighted by molar-refractivity contribution is -0.134. The summed E-state index contributed by atoms with van der Waals surface area (Å²) in [6, 6.07) is 21.1. The van der Waals surface area contributed by atoms with Crippen molar-refractivity contribution in [2.24, 2.45) is 23.3 Å². The van der Waals surface area contributed by atoms with Crippen LogP contribution in [0.5, 0.6) is 0 Å². The van der Waals surface area contributed by atoms with Crippen LogP contribution in [0.15, 0.2) is 60.7 Å². The quantitative estimate of drug-likeness (QED) is 0.496. The average molecular weight is 481 g/mol. The van der Waals surface area contributed by atoms with Gasteiger partial charge in [-0.15, -0.1) is 0 Å². The number of nitrogens with two attached hydrogens (primary N) is 2. The predicted molar refractivity (Wildman–Crippen MR) is 135 cm³/mol. The van der Waals surface area contributed by atoms with Gasteiger partial charge in [-0.2, -0.15) is 0 Å². The number of primary amides is 2. The Balaban J connectivity index is 0.000000186. The van der Waals surface area contributed by atoms with E-state index in [-0.39, 0.29) is 11.8 Å². The van der Waals surface area contributed by atoms with Gasteiger partial charge in [-0.05, 0) is 43.2 Å². The number of hydrogen-bond donors (Lipinski definition) is 4. The molecule has 0 aromatic heterocycles. The second-order valence-corrected chi connectivity index (χ2v) is 8.63. The van der Waals surface area contributed by atoms with Gasteiger partial charge < -0.3 is 22.1 Å². The van der Waals surface area contributed by atoms with Crippen LogP contribution in [-0.4, -0.2) is 36.7 Å². The van der Waals surface area contributed by atoms with Crippen molar-refractivity contribution in [2.45, 2.75) is 44.9 Å². The molecule has 188 valence electrons. The van der Waals surface area contributed by atoms with Crippen molar-refractivity contribution < 1.29 is 19.2 Å². The van der Waals surface area contributed by atoms with Gasteiger partial charge in [-0.3, -0.25) is 19.2 Å². The molecule has 2 aromatic rings. The summed E-state index contributed by atoms with van der Waals surface area (Å²) in [5.41, 5.74) is 12.8. The van der Waals surface area contributed by atoms with Gasteiger partial charge in [0.05, 0.1) is 0 Å². The lowest BCUT2D eigenvalue weighted by atomic mass is 10.0. The summed E-state index contributed by atoms with van der Waals surface area (Å²) >= 11 is 0. The zero-order valence-corrected chi connectivity index (χ0v) is 20.1. The van der Waals surface area contributed by atoms with E-state index in [4.69, 9.17) is 11.5 Å². The topological polar surface area (TPSA) is 144 Å². The number of rotatable bonds is 4. The largest absolute Gasteiger partial charge is 0.369 e. The van der Waals surface area contributed by atoms with Crippen molar-refractivity contribution >= 4 is 23.6 Å². The summed E-state index contributed by atoms with van der Waals surface area (Å²) in [5, 5.41) is 5.27. The fraction of sp³-hybridized carbons (Fsp3) is 0.407. The summed E-state index contributed by atoms with van der Waals surface area (Å²) in [4.78, 5) is 43.4. The molecule has 0 radical (unpaired) electrons. The molecule has 35 heavy (non-hydrogen) atoms. The molecule has 2 aromatic carbocycles. The maximum atomic E-state index is 11.0. The smallest absolute Gasteiger partial charge is 0.232 e. The van der Waals surface area contributed by atoms with E-state index < -0.39 is 23.7 Å². The fourth-order valence-corrected chi connectivity index (χ4v) is 3.85. The number of carbonyl (C=O) groups is 4. The van der Waals surface area contributed by atoms with Crippen LogP contribution in [0.1, 0.15) is 49.7 Å². The van der Waals surface area contributed by atoms with E-state index in [1.54, 1.807) is 0 Å². The van der Waals surface area contributed by atoms with Crippen molar-refractivity contribution in [3.05, 3.63) is 71.8 Å². The Kier molecular flexibility index (Phi) is 12.0. The molecule has 4 rings (SSSR count). The number of benzene rings is 2. The van der Waals surface area contributed by atoms with Gasteiger partial charge >= 0.3 is 0 Å². The van der Waals surface area contributed by atoms with Crippen LogP contribution in [0, 0.1) is 11.8 Å². The predicted octanol–water partition coefficient (Wildman–Crippen LogP) is 2.05. The summed E-state index contributed by atoms with van der Waals surface area (Å²) in [5.74, 6) is -2.64. The van der Waals surface area contributed by atoms with E-state index in [1.807, 2.05) is 0 Å². The Morgan fingerprint density at radius 3 is 1.37 bits per heavy atom. The third kappa shape index (κ3) is 10.4. The van der Waals surface area contributed by atoms with Gasteiger partial charge in [0.15, 0.2) is 0 Å². The van der Waals surface area contributed by atoms with E-state index in [2.05, 4.69) is 71.3 Å². The number of amides is 4. The minimum Gasteiger partial charge on any atom is -0.369 e. The summed E-state index contributed by atoms with van der Waals surface area (Å²) < 4.78 is 0. The number of carbonyl (C=O) groups excluding carboxylic acids is 4. The van der Waals surface area contributed by atoms with Gasteiger partial charge in [0.2, 0.25) is 23.6 Å². The molecule has 8 heteroatoms. The number of hydrogen-bond acceptors (Lipinski definition) is 4. The van der Waals surface area contributed by atoms with Gasteiger partial charge in [0.1, 0.15) is 11.8 Å². The maximum Gasteiger partial charge on any atom is 0.232 e. The Bertz CT molecular complexity index is 873. The first kappa shape index (κ1) is 27.6. The summed E-state index contributed by atoms with van der Waals surface area (Å²) in [6.07, 6.45) is 5.90. The molecule has 2 aliphatic rings. The minimum absolute atomic E-state index is 0.213. The first-order chi connectivity index (χ1) is 16.9. The Labute approximate surface area is 206 Å². The molecular formula is C27H36N4O4. The normalized spacial score (nSPS) is 19.7. The zero-order valence-electron chi connectivity index (χ0n) is 20.1. The van der Waals surface area contributed by atoms with Crippen LogP contribution < -0.4 is 22.1 Å². The maximum absolute atomic E-state index is 11.0. The fourth-order valence-electron chi connectivity index (χ4n) is 3.85. The van der Waals surface area contributed by atoms with E-state index in [1.165, 1.54) is 11.1 Å². The highest BCUT2D eigenvalue weighted by Gasteiger charge is 2.25. The molecule has 2 heterocycles. The Morgan fingerprint density at radius 2 is 1.03 bits per heavy atom. The molecule has 0 saturated carbocycles. The SMILES string of the molecule is NC(=O)C1CCCCNC1=O.NC(=O)C1CCCCNC1=O.c1ccc(Cc2ccccc2)cc1. The first-order valence-electron chi connectivity index (χ1n) is 12.1. The van der Waals surface area contributed by atoms with Crippen molar-refractivity contribution in [1.82, 2.24) is 10.6 Å². The lowest BCUT2D eigenvalue weighted by Gasteiger charge is -2.06. The van der Waals surface area contributed by atoms with Crippen LogP contribution in [-0.2, 0) is 25.6 Å².